The van der Waals surface area contributed by atoms with Crippen molar-refractivity contribution in [2.75, 3.05) is 12.4 Å². The Labute approximate surface area is 123 Å². The van der Waals surface area contributed by atoms with E-state index in [1.807, 2.05) is 6.92 Å². The fourth-order valence-electron chi connectivity index (χ4n) is 1.61. The first-order chi connectivity index (χ1) is 9.60. The number of amides is 1. The van der Waals surface area contributed by atoms with Gasteiger partial charge in [0.25, 0.3) is 5.91 Å². The molecule has 0 fully saturated rings. The number of hydrogen-bond acceptors (Lipinski definition) is 4. The average molecular weight is 297 g/mol. The van der Waals surface area contributed by atoms with Crippen molar-refractivity contribution in [2.24, 2.45) is 0 Å². The molecule has 0 spiro atoms. The number of hydrogen-bond donors (Lipinski definition) is 3. The fraction of sp³-hybridized carbons (Fsp3) is 0.429. The standard InChI is InChI=1S/C14H19NO4S/c1-2-8-19-12-6-4-3-5-10(12)13(16)15-11(7-9-20)14(17)18/h3-6,11,20H,2,7-9H2,1H3,(H,15,16)(H,17,18)/t11-/m0/s1. The van der Waals surface area contributed by atoms with E-state index in [0.717, 1.165) is 6.42 Å². The van der Waals surface area contributed by atoms with E-state index in [0.29, 0.717) is 23.7 Å². The number of carboxylic acids is 1. The highest BCUT2D eigenvalue weighted by Crippen LogP contribution is 2.18. The molecule has 0 heterocycles. The summed E-state index contributed by atoms with van der Waals surface area (Å²) in [4.78, 5) is 23.2. The summed E-state index contributed by atoms with van der Waals surface area (Å²) in [5.41, 5.74) is 0.339. The predicted molar refractivity (Wildman–Crippen MR) is 79.6 cm³/mol. The summed E-state index contributed by atoms with van der Waals surface area (Å²) in [6.07, 6.45) is 1.09. The minimum absolute atomic E-state index is 0.266. The maximum absolute atomic E-state index is 12.1. The van der Waals surface area contributed by atoms with E-state index in [1.165, 1.54) is 0 Å². The molecule has 1 atom stereocenters. The molecule has 1 rings (SSSR count). The van der Waals surface area contributed by atoms with Gasteiger partial charge in [0.05, 0.1) is 12.2 Å². The number of rotatable bonds is 8. The predicted octanol–water partition coefficient (Wildman–Crippen LogP) is 1.98. The van der Waals surface area contributed by atoms with Gasteiger partial charge in [-0.2, -0.15) is 12.6 Å². The molecule has 20 heavy (non-hydrogen) atoms. The zero-order valence-electron chi connectivity index (χ0n) is 11.3. The molecule has 0 saturated heterocycles. The average Bonchev–Trinajstić information content (AvgIpc) is 2.44. The van der Waals surface area contributed by atoms with Crippen LogP contribution in [0.5, 0.6) is 5.75 Å². The number of aliphatic carboxylic acids is 1. The number of ether oxygens (including phenoxy) is 1. The van der Waals surface area contributed by atoms with Crippen molar-refractivity contribution < 1.29 is 19.4 Å². The van der Waals surface area contributed by atoms with Crippen LogP contribution >= 0.6 is 12.6 Å². The van der Waals surface area contributed by atoms with E-state index in [1.54, 1.807) is 24.3 Å². The highest BCUT2D eigenvalue weighted by Gasteiger charge is 2.21. The van der Waals surface area contributed by atoms with Crippen LogP contribution in [0, 0.1) is 0 Å². The molecule has 5 nitrogen and oxygen atoms in total. The smallest absolute Gasteiger partial charge is 0.326 e. The van der Waals surface area contributed by atoms with E-state index in [2.05, 4.69) is 17.9 Å². The van der Waals surface area contributed by atoms with Crippen molar-refractivity contribution in [3.8, 4) is 5.75 Å². The van der Waals surface area contributed by atoms with Gasteiger partial charge in [-0.25, -0.2) is 4.79 Å². The normalized spacial score (nSPS) is 11.7. The van der Waals surface area contributed by atoms with Gasteiger partial charge in [0.1, 0.15) is 11.8 Å². The van der Waals surface area contributed by atoms with Crippen molar-refractivity contribution in [3.63, 3.8) is 0 Å². The monoisotopic (exact) mass is 297 g/mol. The van der Waals surface area contributed by atoms with Crippen LogP contribution in [0.25, 0.3) is 0 Å². The molecule has 0 aromatic heterocycles. The van der Waals surface area contributed by atoms with Crippen LogP contribution in [0.2, 0.25) is 0 Å². The molecule has 1 amide bonds. The number of carbonyl (C=O) groups excluding carboxylic acids is 1. The summed E-state index contributed by atoms with van der Waals surface area (Å²) in [6, 6.07) is 5.84. The van der Waals surface area contributed by atoms with Crippen LogP contribution in [0.4, 0.5) is 0 Å². The van der Waals surface area contributed by atoms with Crippen molar-refractivity contribution in [1.29, 1.82) is 0 Å². The highest BCUT2D eigenvalue weighted by atomic mass is 32.1. The third-order valence-electron chi connectivity index (χ3n) is 2.61. The molecule has 0 unspecified atom stereocenters. The second kappa shape index (κ2) is 8.47. The fourth-order valence-corrected chi connectivity index (χ4v) is 1.87. The summed E-state index contributed by atoms with van der Waals surface area (Å²) in [6.45, 7) is 2.47. The molecule has 0 aliphatic rings. The molecular weight excluding hydrogens is 278 g/mol. The van der Waals surface area contributed by atoms with Gasteiger partial charge in [0.15, 0.2) is 0 Å². The maximum atomic E-state index is 12.1. The van der Waals surface area contributed by atoms with E-state index in [4.69, 9.17) is 9.84 Å². The van der Waals surface area contributed by atoms with Gasteiger partial charge < -0.3 is 15.2 Å². The summed E-state index contributed by atoms with van der Waals surface area (Å²) in [5.74, 6) is -0.683. The van der Waals surface area contributed by atoms with Crippen molar-refractivity contribution in [3.05, 3.63) is 29.8 Å². The summed E-state index contributed by atoms with van der Waals surface area (Å²) in [7, 11) is 0. The zero-order chi connectivity index (χ0) is 15.0. The van der Waals surface area contributed by atoms with Gasteiger partial charge in [-0.05, 0) is 30.7 Å². The molecule has 0 aliphatic heterocycles. The van der Waals surface area contributed by atoms with E-state index < -0.39 is 17.9 Å². The topological polar surface area (TPSA) is 75.6 Å². The Kier molecular flexibility index (Phi) is 6.93. The Morgan fingerprint density at radius 3 is 2.70 bits per heavy atom. The summed E-state index contributed by atoms with van der Waals surface area (Å²) in [5, 5.41) is 11.5. The lowest BCUT2D eigenvalue weighted by Crippen LogP contribution is -2.41. The van der Waals surface area contributed by atoms with Crippen LogP contribution in [-0.2, 0) is 4.79 Å². The van der Waals surface area contributed by atoms with Crippen LogP contribution in [0.15, 0.2) is 24.3 Å². The third kappa shape index (κ3) is 4.77. The van der Waals surface area contributed by atoms with Crippen LogP contribution in [-0.4, -0.2) is 35.4 Å². The van der Waals surface area contributed by atoms with Crippen molar-refractivity contribution >= 4 is 24.5 Å². The van der Waals surface area contributed by atoms with E-state index >= 15 is 0 Å². The van der Waals surface area contributed by atoms with Gasteiger partial charge >= 0.3 is 5.97 Å². The van der Waals surface area contributed by atoms with Crippen molar-refractivity contribution in [1.82, 2.24) is 5.32 Å². The molecule has 1 aromatic carbocycles. The third-order valence-corrected chi connectivity index (χ3v) is 2.87. The number of nitrogens with one attached hydrogen (secondary N) is 1. The maximum Gasteiger partial charge on any atom is 0.326 e. The number of thiol groups is 1. The lowest BCUT2D eigenvalue weighted by molar-refractivity contribution is -0.139. The Hall–Kier alpha value is -1.69. The molecule has 2 N–H and O–H groups in total. The van der Waals surface area contributed by atoms with Gasteiger partial charge in [-0.1, -0.05) is 19.1 Å². The molecule has 0 radical (unpaired) electrons. The first kappa shape index (κ1) is 16.4. The first-order valence-corrected chi connectivity index (χ1v) is 7.09. The summed E-state index contributed by atoms with van der Waals surface area (Å²) < 4.78 is 5.49. The van der Waals surface area contributed by atoms with Crippen LogP contribution in [0.1, 0.15) is 30.1 Å². The second-order valence-electron chi connectivity index (χ2n) is 4.22. The van der Waals surface area contributed by atoms with Gasteiger partial charge in [-0.15, -0.1) is 0 Å². The molecule has 1 aromatic rings. The molecule has 0 saturated carbocycles. The number of benzene rings is 1. The van der Waals surface area contributed by atoms with E-state index in [-0.39, 0.29) is 6.42 Å². The van der Waals surface area contributed by atoms with Gasteiger partial charge in [0, 0.05) is 0 Å². The largest absolute Gasteiger partial charge is 0.493 e. The summed E-state index contributed by atoms with van der Waals surface area (Å²) >= 11 is 3.99. The molecule has 0 aliphatic carbocycles. The molecule has 0 bridgehead atoms. The van der Waals surface area contributed by atoms with Crippen LogP contribution in [0.3, 0.4) is 0 Å². The SMILES string of the molecule is CCCOc1ccccc1C(=O)N[C@@H](CCS)C(=O)O. The first-order valence-electron chi connectivity index (χ1n) is 6.46. The number of para-hydroxylation sites is 1. The molecular formula is C14H19NO4S. The van der Waals surface area contributed by atoms with E-state index in [9.17, 15) is 9.59 Å². The minimum Gasteiger partial charge on any atom is -0.493 e. The van der Waals surface area contributed by atoms with Gasteiger partial charge in [0.2, 0.25) is 0 Å². The Balaban J connectivity index is 2.82. The lowest BCUT2D eigenvalue weighted by atomic mass is 10.1. The number of carbonyl (C=O) groups is 2. The Morgan fingerprint density at radius 2 is 2.10 bits per heavy atom. The number of carboxylic acid groups (broad SMARTS) is 1. The molecule has 6 heteroatoms. The van der Waals surface area contributed by atoms with Crippen LogP contribution < -0.4 is 10.1 Å². The highest BCUT2D eigenvalue weighted by molar-refractivity contribution is 7.80. The second-order valence-corrected chi connectivity index (χ2v) is 4.67. The van der Waals surface area contributed by atoms with Gasteiger partial charge in [-0.3, -0.25) is 4.79 Å². The zero-order valence-corrected chi connectivity index (χ0v) is 12.2. The lowest BCUT2D eigenvalue weighted by Gasteiger charge is -2.15. The minimum atomic E-state index is -1.07. The van der Waals surface area contributed by atoms with Crippen molar-refractivity contribution in [2.45, 2.75) is 25.8 Å². The quantitative estimate of drug-likeness (QED) is 0.641. The Bertz CT molecular complexity index is 464. The molecule has 110 valence electrons. The Morgan fingerprint density at radius 1 is 1.40 bits per heavy atom.